The molecule has 3 fully saturated rings. The fourth-order valence-corrected chi connectivity index (χ4v) is 5.10. The lowest BCUT2D eigenvalue weighted by molar-refractivity contribution is -0.384. The van der Waals surface area contributed by atoms with Gasteiger partial charge in [-0.25, -0.2) is 0 Å². The third-order valence-electron chi connectivity index (χ3n) is 7.56. The van der Waals surface area contributed by atoms with Gasteiger partial charge in [-0.05, 0) is 17.7 Å². The summed E-state index contributed by atoms with van der Waals surface area (Å²) >= 11 is 0. The van der Waals surface area contributed by atoms with Crippen molar-refractivity contribution in [3.05, 3.63) is 44.8 Å². The molecule has 9 N–H and O–H groups in total. The van der Waals surface area contributed by atoms with Crippen LogP contribution < -0.4 is 4.74 Å². The number of ether oxygens (including phenoxy) is 6. The van der Waals surface area contributed by atoms with E-state index < -0.39 is 117 Å². The van der Waals surface area contributed by atoms with Crippen LogP contribution in [0.15, 0.2) is 29.4 Å². The maximum absolute atomic E-state index is 11.1. The van der Waals surface area contributed by atoms with Crippen LogP contribution in [0.1, 0.15) is 0 Å². The van der Waals surface area contributed by atoms with Crippen LogP contribution in [0.25, 0.3) is 10.4 Å². The van der Waals surface area contributed by atoms with E-state index in [9.17, 15) is 56.1 Å². The van der Waals surface area contributed by atoms with Gasteiger partial charge < -0.3 is 74.4 Å². The second kappa shape index (κ2) is 15.2. The predicted octanol–water partition coefficient (Wildman–Crippen LogP) is -4.26. The Morgan fingerprint density at radius 3 is 1.64 bits per heavy atom. The summed E-state index contributed by atoms with van der Waals surface area (Å²) in [5.74, 6) is -0.00117. The number of hydrogen-bond acceptors (Lipinski definition) is 18. The summed E-state index contributed by atoms with van der Waals surface area (Å²) in [6.45, 7) is -2.47. The first-order chi connectivity index (χ1) is 21.4. The van der Waals surface area contributed by atoms with Gasteiger partial charge in [0.05, 0.1) is 36.9 Å². The van der Waals surface area contributed by atoms with Gasteiger partial charge in [-0.3, -0.25) is 10.1 Å². The number of hydrogen-bond donors (Lipinski definition) is 9. The Kier molecular flexibility index (Phi) is 11.8. The first kappa shape index (κ1) is 35.0. The zero-order valence-corrected chi connectivity index (χ0v) is 23.2. The van der Waals surface area contributed by atoms with Crippen molar-refractivity contribution in [1.82, 2.24) is 0 Å². The lowest BCUT2D eigenvalue weighted by Crippen LogP contribution is -2.67. The van der Waals surface area contributed by atoms with E-state index in [4.69, 9.17) is 34.0 Å². The normalized spacial score (nSPS) is 42.0. The summed E-state index contributed by atoms with van der Waals surface area (Å²) in [5, 5.41) is 108. The zero-order chi connectivity index (χ0) is 33.0. The van der Waals surface area contributed by atoms with Crippen LogP contribution in [0.4, 0.5) is 5.69 Å². The van der Waals surface area contributed by atoms with Crippen LogP contribution in [-0.2, 0) is 23.7 Å². The Bertz CT molecular complexity index is 1180. The third-order valence-corrected chi connectivity index (χ3v) is 7.56. The molecule has 0 saturated carbocycles. The van der Waals surface area contributed by atoms with E-state index in [2.05, 4.69) is 10.0 Å². The minimum Gasteiger partial charge on any atom is -0.462 e. The lowest BCUT2D eigenvalue weighted by atomic mass is 9.95. The van der Waals surface area contributed by atoms with Gasteiger partial charge in [0, 0.05) is 17.0 Å². The summed E-state index contributed by atoms with van der Waals surface area (Å²) in [6.07, 6.45) is -24.2. The molecule has 1 aromatic rings. The van der Waals surface area contributed by atoms with E-state index in [1.807, 2.05) is 0 Å². The van der Waals surface area contributed by atoms with Crippen molar-refractivity contribution in [3.63, 3.8) is 0 Å². The predicted molar refractivity (Wildman–Crippen MR) is 140 cm³/mol. The molecule has 21 heteroatoms. The van der Waals surface area contributed by atoms with Gasteiger partial charge in [0.2, 0.25) is 6.29 Å². The fraction of sp³-hybridized carbons (Fsp3) is 0.750. The van der Waals surface area contributed by atoms with Crippen molar-refractivity contribution in [2.75, 3.05) is 19.8 Å². The first-order valence-corrected chi connectivity index (χ1v) is 13.6. The number of nitrogens with zero attached hydrogens (tertiary/aromatic N) is 4. The number of non-ortho nitro benzene ring substituents is 1. The molecule has 0 bridgehead atoms. The maximum Gasteiger partial charge on any atom is 0.269 e. The highest BCUT2D eigenvalue weighted by Gasteiger charge is 2.54. The van der Waals surface area contributed by atoms with E-state index in [0.29, 0.717) is 0 Å². The first-order valence-electron chi connectivity index (χ1n) is 13.6. The molecule has 3 aliphatic rings. The van der Waals surface area contributed by atoms with E-state index in [-0.39, 0.29) is 11.4 Å². The Morgan fingerprint density at radius 1 is 0.733 bits per heavy atom. The van der Waals surface area contributed by atoms with Gasteiger partial charge in [0.1, 0.15) is 66.8 Å². The van der Waals surface area contributed by atoms with Crippen molar-refractivity contribution in [2.45, 2.75) is 92.1 Å². The van der Waals surface area contributed by atoms with Crippen LogP contribution in [0.2, 0.25) is 0 Å². The molecule has 252 valence electrons. The Hall–Kier alpha value is -2.83. The molecule has 3 aliphatic heterocycles. The maximum atomic E-state index is 11.1. The number of aliphatic hydroxyl groups is 9. The topological polar surface area (TPSA) is 329 Å². The average molecular weight is 651 g/mol. The molecule has 0 radical (unpaired) electrons. The van der Waals surface area contributed by atoms with E-state index in [0.717, 1.165) is 12.1 Å². The summed E-state index contributed by atoms with van der Waals surface area (Å²) in [5.41, 5.74) is 8.58. The van der Waals surface area contributed by atoms with Crippen LogP contribution in [0, 0.1) is 10.1 Å². The number of azide groups is 1. The van der Waals surface area contributed by atoms with Crippen molar-refractivity contribution in [2.24, 2.45) is 5.11 Å². The quantitative estimate of drug-likeness (QED) is 0.0360. The summed E-state index contributed by atoms with van der Waals surface area (Å²) in [4.78, 5) is 12.8. The third kappa shape index (κ3) is 7.44. The lowest BCUT2D eigenvalue weighted by Gasteiger charge is -2.48. The molecule has 4 rings (SSSR count). The largest absolute Gasteiger partial charge is 0.462 e. The number of nitro benzene ring substituents is 1. The van der Waals surface area contributed by atoms with Crippen molar-refractivity contribution in [3.8, 4) is 5.75 Å². The van der Waals surface area contributed by atoms with Gasteiger partial charge >= 0.3 is 0 Å². The second-order valence-corrected chi connectivity index (χ2v) is 10.4. The number of aliphatic hydroxyl groups excluding tert-OH is 9. The molecule has 45 heavy (non-hydrogen) atoms. The van der Waals surface area contributed by atoms with Crippen LogP contribution in [0.5, 0.6) is 5.75 Å². The van der Waals surface area contributed by atoms with E-state index in [1.165, 1.54) is 12.1 Å². The van der Waals surface area contributed by atoms with Crippen molar-refractivity contribution < 1.29 is 79.3 Å². The molecule has 21 nitrogen and oxygen atoms in total. The van der Waals surface area contributed by atoms with E-state index >= 15 is 0 Å². The highest BCUT2D eigenvalue weighted by molar-refractivity contribution is 5.36. The summed E-state index contributed by atoms with van der Waals surface area (Å²) < 4.78 is 33.0. The monoisotopic (exact) mass is 650 g/mol. The molecule has 0 aromatic heterocycles. The van der Waals surface area contributed by atoms with Gasteiger partial charge in [0.25, 0.3) is 5.69 Å². The molecule has 0 spiro atoms. The van der Waals surface area contributed by atoms with Crippen LogP contribution in [0.3, 0.4) is 0 Å². The molecule has 0 unspecified atom stereocenters. The van der Waals surface area contributed by atoms with Gasteiger partial charge in [-0.2, -0.15) is 0 Å². The summed E-state index contributed by atoms with van der Waals surface area (Å²) in [6, 6.07) is 3.09. The fourth-order valence-electron chi connectivity index (χ4n) is 5.10. The Balaban J connectivity index is 1.53. The minimum absolute atomic E-state index is 0.00117. The van der Waals surface area contributed by atoms with Crippen molar-refractivity contribution in [1.29, 1.82) is 0 Å². The van der Waals surface area contributed by atoms with Crippen LogP contribution >= 0.6 is 0 Å². The smallest absolute Gasteiger partial charge is 0.269 e. The minimum atomic E-state index is -2.00. The number of benzene rings is 1. The molecule has 3 heterocycles. The molecule has 0 aliphatic carbocycles. The Labute approximate surface area is 253 Å². The number of nitro groups is 1. The zero-order valence-electron chi connectivity index (χ0n) is 23.2. The highest BCUT2D eigenvalue weighted by atomic mass is 16.8. The summed E-state index contributed by atoms with van der Waals surface area (Å²) in [7, 11) is 0. The highest BCUT2D eigenvalue weighted by Crippen LogP contribution is 2.33. The SMILES string of the molecule is [N-]=[N+]=N[C@@H]1[C@@H](O)[C@H](O[C@@H]2[C@@H](O)[C@H](O[C@@H]3[C@@H](O)[C@H](Oc4ccc([N+](=O)[O-])cc4)O[C@H](CO)[C@H]3O)O[C@H](CO)[C@H]2O)O[C@H](CO)[C@H]1O. The second-order valence-electron chi connectivity index (χ2n) is 10.4. The number of rotatable bonds is 11. The molecular formula is C24H34N4O17. The van der Waals surface area contributed by atoms with Crippen molar-refractivity contribution >= 4 is 5.69 Å². The van der Waals surface area contributed by atoms with Gasteiger partial charge in [0.15, 0.2) is 12.6 Å². The van der Waals surface area contributed by atoms with Gasteiger partial charge in [-0.15, -0.1) is 0 Å². The molecule has 3 saturated heterocycles. The van der Waals surface area contributed by atoms with E-state index in [1.54, 1.807) is 0 Å². The van der Waals surface area contributed by atoms with Gasteiger partial charge in [-0.1, -0.05) is 5.11 Å². The molecule has 1 aromatic carbocycles. The molecular weight excluding hydrogens is 616 g/mol. The molecule has 15 atom stereocenters. The average Bonchev–Trinajstić information content (AvgIpc) is 3.03. The Morgan fingerprint density at radius 2 is 1.18 bits per heavy atom. The van der Waals surface area contributed by atoms with Crippen LogP contribution in [-0.4, -0.2) is 163 Å². The standard InChI is InChI=1S/C24H34N4O17/c25-27-26-13-14(32)10(5-29)41-22(17(13)35)44-21-16(34)12(7-31)43-24(19(21)37)45-20-15(33)11(6-30)42-23(18(20)36)40-9-3-1-8(2-4-9)28(38)39/h1-4,10-24,29-37H,5-7H2/t10-,11-,12-,13+,14-,15-,16-,17-,18-,19-,20+,21+,22+,23-,24+/m1/s1. The molecule has 0 amide bonds.